The number of rotatable bonds is 7. The van der Waals surface area contributed by atoms with Crippen LogP contribution in [0.4, 0.5) is 13.2 Å². The lowest BCUT2D eigenvalue weighted by atomic mass is 10.1. The first-order valence-corrected chi connectivity index (χ1v) is 9.86. The van der Waals surface area contributed by atoms with Crippen LogP contribution in [-0.4, -0.2) is 34.0 Å². The highest BCUT2D eigenvalue weighted by molar-refractivity contribution is 5.94. The standard InChI is InChI=1S/C22H21F3N4O2/c1-29(12-14-2-4-16(5-3-14)21(30)26-18-10-11-18)13-19-27-20(28-31-19)15-6-8-17(9-7-15)22(23,24)25/h2-9,18H,10-13H2,1H3,(H,26,30). The van der Waals surface area contributed by atoms with Crippen molar-refractivity contribution in [1.82, 2.24) is 20.4 Å². The lowest BCUT2D eigenvalue weighted by molar-refractivity contribution is -0.137. The molecule has 0 atom stereocenters. The van der Waals surface area contributed by atoms with Gasteiger partial charge in [0.05, 0.1) is 12.1 Å². The van der Waals surface area contributed by atoms with Crippen LogP contribution in [0.5, 0.6) is 0 Å². The van der Waals surface area contributed by atoms with Crippen LogP contribution in [0.15, 0.2) is 53.1 Å². The van der Waals surface area contributed by atoms with Crippen LogP contribution >= 0.6 is 0 Å². The highest BCUT2D eigenvalue weighted by atomic mass is 19.4. The van der Waals surface area contributed by atoms with E-state index in [1.807, 2.05) is 24.1 Å². The fraction of sp³-hybridized carbons (Fsp3) is 0.318. The number of benzene rings is 2. The normalized spacial score (nSPS) is 14.1. The van der Waals surface area contributed by atoms with Gasteiger partial charge in [0.15, 0.2) is 0 Å². The molecular formula is C22H21F3N4O2. The van der Waals surface area contributed by atoms with Crippen molar-refractivity contribution in [3.8, 4) is 11.4 Å². The summed E-state index contributed by atoms with van der Waals surface area (Å²) in [7, 11) is 1.88. The van der Waals surface area contributed by atoms with Gasteiger partial charge < -0.3 is 9.84 Å². The Kier molecular flexibility index (Phi) is 5.77. The average Bonchev–Trinajstić information content (AvgIpc) is 3.43. The van der Waals surface area contributed by atoms with E-state index in [2.05, 4.69) is 15.5 Å². The first-order valence-electron chi connectivity index (χ1n) is 9.86. The summed E-state index contributed by atoms with van der Waals surface area (Å²) in [6.45, 7) is 0.972. The molecule has 0 saturated heterocycles. The molecule has 1 heterocycles. The molecule has 3 aromatic rings. The van der Waals surface area contributed by atoms with Crippen LogP contribution < -0.4 is 5.32 Å². The third-order valence-electron chi connectivity index (χ3n) is 4.92. The van der Waals surface area contributed by atoms with Gasteiger partial charge in [0.1, 0.15) is 0 Å². The monoisotopic (exact) mass is 430 g/mol. The van der Waals surface area contributed by atoms with Crippen molar-refractivity contribution < 1.29 is 22.5 Å². The number of amides is 1. The molecule has 2 aromatic carbocycles. The van der Waals surface area contributed by atoms with Crippen molar-refractivity contribution in [3.63, 3.8) is 0 Å². The molecule has 1 amide bonds. The molecule has 0 spiro atoms. The number of hydrogen-bond acceptors (Lipinski definition) is 5. The number of halogens is 3. The Bertz CT molecular complexity index is 1040. The number of nitrogens with one attached hydrogen (secondary N) is 1. The predicted molar refractivity (Wildman–Crippen MR) is 107 cm³/mol. The Morgan fingerprint density at radius 3 is 2.39 bits per heavy atom. The van der Waals surface area contributed by atoms with Crippen LogP contribution in [0.3, 0.4) is 0 Å². The maximum absolute atomic E-state index is 12.7. The van der Waals surface area contributed by atoms with Gasteiger partial charge in [-0.15, -0.1) is 0 Å². The second-order valence-electron chi connectivity index (χ2n) is 7.70. The molecule has 31 heavy (non-hydrogen) atoms. The molecule has 1 N–H and O–H groups in total. The third-order valence-corrected chi connectivity index (χ3v) is 4.92. The fourth-order valence-corrected chi connectivity index (χ4v) is 3.10. The quantitative estimate of drug-likeness (QED) is 0.606. The molecule has 1 aromatic heterocycles. The van der Waals surface area contributed by atoms with Crippen LogP contribution in [0.1, 0.15) is 40.2 Å². The number of carbonyl (C=O) groups excluding carboxylic acids is 1. The summed E-state index contributed by atoms with van der Waals surface area (Å²) in [5.41, 5.74) is 1.38. The summed E-state index contributed by atoms with van der Waals surface area (Å²) in [6.07, 6.45) is -2.29. The number of carbonyl (C=O) groups is 1. The number of aromatic nitrogens is 2. The van der Waals surface area contributed by atoms with E-state index in [1.54, 1.807) is 12.1 Å². The van der Waals surface area contributed by atoms with E-state index >= 15 is 0 Å². The molecule has 0 radical (unpaired) electrons. The highest BCUT2D eigenvalue weighted by Gasteiger charge is 2.30. The Balaban J connectivity index is 1.33. The Labute approximate surface area is 177 Å². The zero-order valence-electron chi connectivity index (χ0n) is 16.8. The molecule has 162 valence electrons. The minimum Gasteiger partial charge on any atom is -0.349 e. The van der Waals surface area contributed by atoms with Gasteiger partial charge in [-0.2, -0.15) is 18.2 Å². The minimum absolute atomic E-state index is 0.0518. The number of alkyl halides is 3. The van der Waals surface area contributed by atoms with Crippen molar-refractivity contribution >= 4 is 5.91 Å². The summed E-state index contributed by atoms with van der Waals surface area (Å²) in [4.78, 5) is 18.3. The van der Waals surface area contributed by atoms with Gasteiger partial charge in [-0.05, 0) is 49.7 Å². The van der Waals surface area contributed by atoms with Gasteiger partial charge in [-0.25, -0.2) is 0 Å². The third kappa shape index (κ3) is 5.49. The highest BCUT2D eigenvalue weighted by Crippen LogP contribution is 2.30. The van der Waals surface area contributed by atoms with Gasteiger partial charge in [0, 0.05) is 23.7 Å². The lowest BCUT2D eigenvalue weighted by Gasteiger charge is -2.14. The average molecular weight is 430 g/mol. The van der Waals surface area contributed by atoms with Crippen LogP contribution in [-0.2, 0) is 19.3 Å². The topological polar surface area (TPSA) is 71.3 Å². The maximum Gasteiger partial charge on any atom is 0.416 e. The molecule has 1 aliphatic rings. The first-order chi connectivity index (χ1) is 14.8. The Morgan fingerprint density at radius 2 is 1.77 bits per heavy atom. The predicted octanol–water partition coefficient (Wildman–Crippen LogP) is 4.28. The molecule has 0 unspecified atom stereocenters. The Hall–Kier alpha value is -3.20. The van der Waals surface area contributed by atoms with E-state index in [4.69, 9.17) is 4.52 Å². The van der Waals surface area contributed by atoms with Crippen LogP contribution in [0.2, 0.25) is 0 Å². The maximum atomic E-state index is 12.7. The lowest BCUT2D eigenvalue weighted by Crippen LogP contribution is -2.25. The number of nitrogens with zero attached hydrogens (tertiary/aromatic N) is 3. The van der Waals surface area contributed by atoms with Crippen molar-refractivity contribution in [2.45, 2.75) is 38.1 Å². The van der Waals surface area contributed by atoms with Gasteiger partial charge >= 0.3 is 6.18 Å². The van der Waals surface area contributed by atoms with E-state index in [0.29, 0.717) is 36.1 Å². The molecule has 1 saturated carbocycles. The second-order valence-corrected chi connectivity index (χ2v) is 7.70. The second kappa shape index (κ2) is 8.50. The smallest absolute Gasteiger partial charge is 0.349 e. The van der Waals surface area contributed by atoms with Gasteiger partial charge in [-0.1, -0.05) is 29.4 Å². The number of hydrogen-bond donors (Lipinski definition) is 1. The fourth-order valence-electron chi connectivity index (χ4n) is 3.10. The zero-order valence-corrected chi connectivity index (χ0v) is 16.8. The molecule has 4 rings (SSSR count). The van der Waals surface area contributed by atoms with E-state index in [0.717, 1.165) is 30.5 Å². The van der Waals surface area contributed by atoms with Gasteiger partial charge in [0.2, 0.25) is 11.7 Å². The van der Waals surface area contributed by atoms with E-state index < -0.39 is 11.7 Å². The summed E-state index contributed by atoms with van der Waals surface area (Å²) in [6, 6.07) is 12.4. The van der Waals surface area contributed by atoms with Crippen LogP contribution in [0.25, 0.3) is 11.4 Å². The van der Waals surface area contributed by atoms with E-state index in [-0.39, 0.29) is 11.7 Å². The molecular weight excluding hydrogens is 409 g/mol. The summed E-state index contributed by atoms with van der Waals surface area (Å²) in [5, 5.41) is 6.82. The zero-order chi connectivity index (χ0) is 22.0. The van der Waals surface area contributed by atoms with E-state index in [1.165, 1.54) is 12.1 Å². The molecule has 0 aliphatic heterocycles. The molecule has 9 heteroatoms. The molecule has 0 bridgehead atoms. The van der Waals surface area contributed by atoms with Crippen LogP contribution in [0, 0.1) is 0 Å². The van der Waals surface area contributed by atoms with Gasteiger partial charge in [0.25, 0.3) is 5.91 Å². The molecule has 6 nitrogen and oxygen atoms in total. The Morgan fingerprint density at radius 1 is 1.10 bits per heavy atom. The first kappa shape index (κ1) is 21.0. The van der Waals surface area contributed by atoms with Crippen molar-refractivity contribution in [3.05, 3.63) is 71.1 Å². The van der Waals surface area contributed by atoms with Gasteiger partial charge in [-0.3, -0.25) is 9.69 Å². The SMILES string of the molecule is CN(Cc1ccc(C(=O)NC2CC2)cc1)Cc1nc(-c2ccc(C(F)(F)F)cc2)no1. The summed E-state index contributed by atoms with van der Waals surface area (Å²) < 4.78 is 43.3. The summed E-state index contributed by atoms with van der Waals surface area (Å²) >= 11 is 0. The minimum atomic E-state index is -4.39. The van der Waals surface area contributed by atoms with E-state index in [9.17, 15) is 18.0 Å². The van der Waals surface area contributed by atoms with Crippen molar-refractivity contribution in [2.24, 2.45) is 0 Å². The van der Waals surface area contributed by atoms with Crippen molar-refractivity contribution in [2.75, 3.05) is 7.05 Å². The van der Waals surface area contributed by atoms with Crippen molar-refractivity contribution in [1.29, 1.82) is 0 Å². The molecule has 1 aliphatic carbocycles. The molecule has 1 fully saturated rings. The largest absolute Gasteiger partial charge is 0.416 e. The summed E-state index contributed by atoms with van der Waals surface area (Å²) in [5.74, 6) is 0.546.